The van der Waals surface area contributed by atoms with E-state index in [0.29, 0.717) is 18.3 Å². The van der Waals surface area contributed by atoms with Gasteiger partial charge in [-0.05, 0) is 69.2 Å². The summed E-state index contributed by atoms with van der Waals surface area (Å²) < 4.78 is 11.4. The number of benzene rings is 1. The predicted octanol–water partition coefficient (Wildman–Crippen LogP) is 3.13. The van der Waals surface area contributed by atoms with Crippen LogP contribution in [-0.4, -0.2) is 38.8 Å². The number of anilines is 1. The normalized spacial score (nSPS) is 21.2. The Morgan fingerprint density at radius 3 is 2.88 bits per heavy atom. The minimum atomic E-state index is 0.0890. The van der Waals surface area contributed by atoms with Crippen molar-refractivity contribution in [3.63, 3.8) is 0 Å². The van der Waals surface area contributed by atoms with E-state index in [0.717, 1.165) is 69.2 Å². The third-order valence-electron chi connectivity index (χ3n) is 5.23. The van der Waals surface area contributed by atoms with Crippen molar-refractivity contribution in [2.45, 2.75) is 39.0 Å². The van der Waals surface area contributed by atoms with Gasteiger partial charge in [-0.25, -0.2) is 0 Å². The molecule has 0 spiro atoms. The van der Waals surface area contributed by atoms with Crippen molar-refractivity contribution >= 4 is 11.6 Å². The summed E-state index contributed by atoms with van der Waals surface area (Å²) in [7, 11) is 0. The summed E-state index contributed by atoms with van der Waals surface area (Å²) in [6.45, 7) is 6.55. The lowest BCUT2D eigenvalue weighted by molar-refractivity contribution is -0.116. The molecule has 0 bridgehead atoms. The average molecular weight is 346 g/mol. The molecule has 0 aromatic heterocycles. The fourth-order valence-electron chi connectivity index (χ4n) is 3.47. The van der Waals surface area contributed by atoms with Gasteiger partial charge in [0.25, 0.3) is 0 Å². The van der Waals surface area contributed by atoms with Crippen LogP contribution in [0.1, 0.15) is 37.7 Å². The monoisotopic (exact) mass is 346 g/mol. The third kappa shape index (κ3) is 5.72. The van der Waals surface area contributed by atoms with Crippen LogP contribution in [0.15, 0.2) is 18.2 Å². The number of rotatable bonds is 7. The lowest BCUT2D eigenvalue weighted by Crippen LogP contribution is -2.21. The smallest absolute Gasteiger partial charge is 0.224 e. The molecule has 2 fully saturated rings. The van der Waals surface area contributed by atoms with Crippen LogP contribution in [0.3, 0.4) is 0 Å². The highest BCUT2D eigenvalue weighted by Gasteiger charge is 2.17. The van der Waals surface area contributed by atoms with Gasteiger partial charge < -0.3 is 20.1 Å². The molecule has 2 heterocycles. The molecular formula is C20H30N2O3. The maximum Gasteiger partial charge on any atom is 0.224 e. The molecular weight excluding hydrogens is 316 g/mol. The number of carbonyl (C=O) groups is 1. The summed E-state index contributed by atoms with van der Waals surface area (Å²) in [4.78, 5) is 12.2. The van der Waals surface area contributed by atoms with Crippen molar-refractivity contribution in [2.75, 3.05) is 38.2 Å². The standard InChI is InChI=1S/C20H30N2O3/c1-15-2-4-18(22-20(23)5-3-16-6-9-21-13-16)12-19(15)25-14-17-7-10-24-11-8-17/h2,4,12,16-17,21H,3,5-11,13-14H2,1H3,(H,22,23). The first kappa shape index (κ1) is 18.2. The van der Waals surface area contributed by atoms with Gasteiger partial charge in [-0.2, -0.15) is 0 Å². The molecule has 2 saturated heterocycles. The highest BCUT2D eigenvalue weighted by molar-refractivity contribution is 5.90. The fourth-order valence-corrected chi connectivity index (χ4v) is 3.47. The van der Waals surface area contributed by atoms with E-state index in [1.54, 1.807) is 0 Å². The number of ether oxygens (including phenoxy) is 2. The molecule has 0 radical (unpaired) electrons. The molecule has 1 unspecified atom stereocenters. The van der Waals surface area contributed by atoms with Crippen LogP contribution in [0, 0.1) is 18.8 Å². The van der Waals surface area contributed by atoms with Gasteiger partial charge in [-0.15, -0.1) is 0 Å². The van der Waals surface area contributed by atoms with Crippen molar-refractivity contribution < 1.29 is 14.3 Å². The zero-order valence-electron chi connectivity index (χ0n) is 15.2. The number of amides is 1. The molecule has 1 amide bonds. The summed E-state index contributed by atoms with van der Waals surface area (Å²) in [5.41, 5.74) is 1.92. The molecule has 1 atom stereocenters. The Morgan fingerprint density at radius 2 is 2.12 bits per heavy atom. The Balaban J connectivity index is 1.48. The SMILES string of the molecule is Cc1ccc(NC(=O)CCC2CCNC2)cc1OCC1CCOCC1. The van der Waals surface area contributed by atoms with Crippen LogP contribution < -0.4 is 15.4 Å². The van der Waals surface area contributed by atoms with Crippen LogP contribution in [0.4, 0.5) is 5.69 Å². The van der Waals surface area contributed by atoms with Crippen LogP contribution in [-0.2, 0) is 9.53 Å². The highest BCUT2D eigenvalue weighted by atomic mass is 16.5. The molecule has 2 aliphatic rings. The van der Waals surface area contributed by atoms with Gasteiger partial charge >= 0.3 is 0 Å². The molecule has 1 aromatic carbocycles. The van der Waals surface area contributed by atoms with Crippen molar-refractivity contribution in [3.8, 4) is 5.75 Å². The number of carbonyl (C=O) groups excluding carboxylic acids is 1. The molecule has 138 valence electrons. The molecule has 0 aliphatic carbocycles. The third-order valence-corrected chi connectivity index (χ3v) is 5.23. The summed E-state index contributed by atoms with van der Waals surface area (Å²) in [5, 5.41) is 6.36. The van der Waals surface area contributed by atoms with E-state index in [-0.39, 0.29) is 5.91 Å². The second-order valence-electron chi connectivity index (χ2n) is 7.29. The summed E-state index contributed by atoms with van der Waals surface area (Å²) in [5.74, 6) is 2.16. The van der Waals surface area contributed by atoms with Gasteiger partial charge in [0.1, 0.15) is 5.75 Å². The van der Waals surface area contributed by atoms with Crippen LogP contribution >= 0.6 is 0 Å². The first-order chi connectivity index (χ1) is 12.2. The molecule has 1 aromatic rings. The molecule has 2 N–H and O–H groups in total. The maximum absolute atomic E-state index is 12.2. The lowest BCUT2D eigenvalue weighted by atomic mass is 10.0. The Kier molecular flexibility index (Phi) is 6.70. The van der Waals surface area contributed by atoms with Crippen LogP contribution in [0.25, 0.3) is 0 Å². The van der Waals surface area contributed by atoms with Crippen molar-refractivity contribution in [1.82, 2.24) is 5.32 Å². The second-order valence-corrected chi connectivity index (χ2v) is 7.29. The molecule has 5 nitrogen and oxygen atoms in total. The molecule has 25 heavy (non-hydrogen) atoms. The predicted molar refractivity (Wildman–Crippen MR) is 99.1 cm³/mol. The number of hydrogen-bond acceptors (Lipinski definition) is 4. The van der Waals surface area contributed by atoms with Gasteiger partial charge in [0, 0.05) is 31.4 Å². The van der Waals surface area contributed by atoms with E-state index < -0.39 is 0 Å². The highest BCUT2D eigenvalue weighted by Crippen LogP contribution is 2.25. The van der Waals surface area contributed by atoms with Crippen molar-refractivity contribution in [1.29, 1.82) is 0 Å². The van der Waals surface area contributed by atoms with E-state index in [1.807, 2.05) is 25.1 Å². The number of aryl methyl sites for hydroxylation is 1. The van der Waals surface area contributed by atoms with Gasteiger partial charge in [-0.3, -0.25) is 4.79 Å². The van der Waals surface area contributed by atoms with E-state index in [9.17, 15) is 4.79 Å². The summed E-state index contributed by atoms with van der Waals surface area (Å²) in [6.07, 6.45) is 4.84. The summed E-state index contributed by atoms with van der Waals surface area (Å²) >= 11 is 0. The van der Waals surface area contributed by atoms with E-state index in [4.69, 9.17) is 9.47 Å². The molecule has 0 saturated carbocycles. The Hall–Kier alpha value is -1.59. The Bertz CT molecular complexity index is 564. The maximum atomic E-state index is 12.2. The topological polar surface area (TPSA) is 59.6 Å². The number of nitrogens with one attached hydrogen (secondary N) is 2. The average Bonchev–Trinajstić information content (AvgIpc) is 3.15. The molecule has 3 rings (SSSR count). The molecule has 2 aliphatic heterocycles. The van der Waals surface area contributed by atoms with Gasteiger partial charge in [0.15, 0.2) is 0 Å². The van der Waals surface area contributed by atoms with Gasteiger partial charge in [0.2, 0.25) is 5.91 Å². The minimum absolute atomic E-state index is 0.0890. The van der Waals surface area contributed by atoms with Crippen molar-refractivity contribution in [2.24, 2.45) is 11.8 Å². The van der Waals surface area contributed by atoms with Gasteiger partial charge in [-0.1, -0.05) is 6.07 Å². The first-order valence-electron chi connectivity index (χ1n) is 9.52. The van der Waals surface area contributed by atoms with E-state index in [1.165, 1.54) is 6.42 Å². The second kappa shape index (κ2) is 9.20. The largest absolute Gasteiger partial charge is 0.493 e. The number of hydrogen-bond donors (Lipinski definition) is 2. The zero-order chi connectivity index (χ0) is 17.5. The van der Waals surface area contributed by atoms with Gasteiger partial charge in [0.05, 0.1) is 6.61 Å². The molecule has 5 heteroatoms. The minimum Gasteiger partial charge on any atom is -0.493 e. The summed E-state index contributed by atoms with van der Waals surface area (Å²) in [6, 6.07) is 5.91. The fraction of sp³-hybridized carbons (Fsp3) is 0.650. The van der Waals surface area contributed by atoms with E-state index in [2.05, 4.69) is 10.6 Å². The quantitative estimate of drug-likeness (QED) is 0.796. The Morgan fingerprint density at radius 1 is 1.28 bits per heavy atom. The Labute approximate surface area is 150 Å². The van der Waals surface area contributed by atoms with Crippen LogP contribution in [0.2, 0.25) is 0 Å². The van der Waals surface area contributed by atoms with Crippen molar-refractivity contribution in [3.05, 3.63) is 23.8 Å². The lowest BCUT2D eigenvalue weighted by Gasteiger charge is -2.22. The van der Waals surface area contributed by atoms with E-state index >= 15 is 0 Å². The van der Waals surface area contributed by atoms with Crippen LogP contribution in [0.5, 0.6) is 5.75 Å². The zero-order valence-corrected chi connectivity index (χ0v) is 15.2. The first-order valence-corrected chi connectivity index (χ1v) is 9.52.